The van der Waals surface area contributed by atoms with Crippen LogP contribution in [0.25, 0.3) is 0 Å². The van der Waals surface area contributed by atoms with Crippen LogP contribution in [0.15, 0.2) is 45.4 Å². The molecule has 92 valence electrons. The van der Waals surface area contributed by atoms with Gasteiger partial charge < -0.3 is 0 Å². The van der Waals surface area contributed by atoms with Crippen LogP contribution in [0.2, 0.25) is 0 Å². The summed E-state index contributed by atoms with van der Waals surface area (Å²) < 4.78 is 1.26. The maximum atomic E-state index is 11.9. The van der Waals surface area contributed by atoms with Gasteiger partial charge in [-0.3, -0.25) is 4.79 Å². The summed E-state index contributed by atoms with van der Waals surface area (Å²) in [5.41, 5.74) is 1.01. The number of thioether (sulfide) groups is 1. The third kappa shape index (κ3) is 2.65. The molecule has 0 bridgehead atoms. The molecule has 0 unspecified atom stereocenters. The van der Waals surface area contributed by atoms with Gasteiger partial charge in [0.25, 0.3) is 5.56 Å². The number of rotatable bonds is 3. The van der Waals surface area contributed by atoms with E-state index in [1.54, 1.807) is 13.1 Å². The van der Waals surface area contributed by atoms with Crippen molar-refractivity contribution in [3.05, 3.63) is 51.9 Å². The number of nitrogens with zero attached hydrogens (tertiary/aromatic N) is 4. The zero-order chi connectivity index (χ0) is 13.0. The van der Waals surface area contributed by atoms with Gasteiger partial charge >= 0.3 is 0 Å². The summed E-state index contributed by atoms with van der Waals surface area (Å²) in [6.45, 7) is 1.62. The third-order valence-electron chi connectivity index (χ3n) is 2.27. The average Bonchev–Trinajstić information content (AvgIpc) is 2.41. The molecule has 0 saturated heterocycles. The van der Waals surface area contributed by atoms with Gasteiger partial charge in [0.1, 0.15) is 5.69 Å². The minimum absolute atomic E-state index is 0.249. The van der Waals surface area contributed by atoms with Crippen LogP contribution < -0.4 is 5.56 Å². The standard InChI is InChI=1S/C12H12N4OS/c1-9-11(17)16(12(18-2)15-14-9)13-8-10-6-4-3-5-7-10/h3-8H,1-2H3/b13-8+. The second-order valence-corrected chi connectivity index (χ2v) is 4.32. The van der Waals surface area contributed by atoms with Crippen molar-refractivity contribution in [3.63, 3.8) is 0 Å². The van der Waals surface area contributed by atoms with Crippen molar-refractivity contribution in [2.24, 2.45) is 5.10 Å². The molecule has 1 heterocycles. The Hall–Kier alpha value is -1.95. The SMILES string of the molecule is CSc1nnc(C)c(=O)n1/N=C/c1ccccc1. The molecule has 0 aliphatic heterocycles. The average molecular weight is 260 g/mol. The molecular weight excluding hydrogens is 248 g/mol. The molecule has 2 aromatic rings. The molecule has 0 aliphatic rings. The predicted molar refractivity (Wildman–Crippen MR) is 72.2 cm³/mol. The molecule has 0 atom stereocenters. The minimum Gasteiger partial charge on any atom is -0.265 e. The Kier molecular flexibility index (Phi) is 3.88. The Bertz CT molecular complexity index is 622. The van der Waals surface area contributed by atoms with Crippen molar-refractivity contribution in [3.8, 4) is 0 Å². The van der Waals surface area contributed by atoms with Gasteiger partial charge in [-0.2, -0.15) is 9.78 Å². The van der Waals surface area contributed by atoms with Crippen LogP contribution in [0.5, 0.6) is 0 Å². The topological polar surface area (TPSA) is 60.1 Å². The second-order valence-electron chi connectivity index (χ2n) is 3.54. The van der Waals surface area contributed by atoms with Crippen LogP contribution in [0, 0.1) is 6.92 Å². The molecule has 2 rings (SSSR count). The molecule has 1 aromatic heterocycles. The highest BCUT2D eigenvalue weighted by molar-refractivity contribution is 7.98. The first-order chi connectivity index (χ1) is 8.72. The molecular formula is C12H12N4OS. The highest BCUT2D eigenvalue weighted by atomic mass is 32.2. The van der Waals surface area contributed by atoms with E-state index in [4.69, 9.17) is 0 Å². The van der Waals surface area contributed by atoms with Crippen LogP contribution >= 0.6 is 11.8 Å². The van der Waals surface area contributed by atoms with E-state index in [9.17, 15) is 4.79 Å². The minimum atomic E-state index is -0.249. The Morgan fingerprint density at radius 3 is 2.67 bits per heavy atom. The Balaban J connectivity index is 2.43. The number of hydrogen-bond donors (Lipinski definition) is 0. The molecule has 0 saturated carbocycles. The smallest absolute Gasteiger partial charge is 0.265 e. The Labute approximate surface area is 109 Å². The van der Waals surface area contributed by atoms with Gasteiger partial charge in [0.05, 0.1) is 6.21 Å². The summed E-state index contributed by atoms with van der Waals surface area (Å²) in [7, 11) is 0. The van der Waals surface area contributed by atoms with E-state index in [0.717, 1.165) is 5.56 Å². The summed E-state index contributed by atoms with van der Waals surface area (Å²) in [5.74, 6) is 0. The normalized spacial score (nSPS) is 11.0. The lowest BCUT2D eigenvalue weighted by Gasteiger charge is -2.03. The van der Waals surface area contributed by atoms with E-state index in [2.05, 4.69) is 15.3 Å². The maximum Gasteiger partial charge on any atom is 0.296 e. The Morgan fingerprint density at radius 2 is 2.00 bits per heavy atom. The molecule has 0 spiro atoms. The third-order valence-corrected chi connectivity index (χ3v) is 2.89. The van der Waals surface area contributed by atoms with Gasteiger partial charge in [-0.1, -0.05) is 42.1 Å². The first-order valence-corrected chi connectivity index (χ1v) is 6.54. The van der Waals surface area contributed by atoms with Crippen LogP contribution in [-0.4, -0.2) is 27.3 Å². The zero-order valence-electron chi connectivity index (χ0n) is 10.1. The highest BCUT2D eigenvalue weighted by Crippen LogP contribution is 2.07. The van der Waals surface area contributed by atoms with E-state index in [1.165, 1.54) is 16.4 Å². The summed E-state index contributed by atoms with van der Waals surface area (Å²) in [4.78, 5) is 11.9. The first-order valence-electron chi connectivity index (χ1n) is 5.32. The van der Waals surface area contributed by atoms with E-state index >= 15 is 0 Å². The molecule has 0 fully saturated rings. The van der Waals surface area contributed by atoms with Crippen molar-refractivity contribution in [2.45, 2.75) is 12.1 Å². The fourth-order valence-electron chi connectivity index (χ4n) is 1.34. The molecule has 18 heavy (non-hydrogen) atoms. The Morgan fingerprint density at radius 1 is 1.28 bits per heavy atom. The lowest BCUT2D eigenvalue weighted by atomic mass is 10.2. The van der Waals surface area contributed by atoms with Gasteiger partial charge in [0.15, 0.2) is 0 Å². The summed E-state index contributed by atoms with van der Waals surface area (Å²) in [5, 5.41) is 12.4. The predicted octanol–water partition coefficient (Wildman–Crippen LogP) is 1.55. The van der Waals surface area contributed by atoms with Crippen LogP contribution in [0.4, 0.5) is 0 Å². The lowest BCUT2D eigenvalue weighted by molar-refractivity contribution is 0.635. The number of hydrogen-bond acceptors (Lipinski definition) is 5. The summed E-state index contributed by atoms with van der Waals surface area (Å²) in [6.07, 6.45) is 3.45. The molecule has 1 aromatic carbocycles. The fraction of sp³-hybridized carbons (Fsp3) is 0.167. The van der Waals surface area contributed by atoms with E-state index in [-0.39, 0.29) is 5.56 Å². The van der Waals surface area contributed by atoms with Crippen LogP contribution in [0.1, 0.15) is 11.3 Å². The molecule has 0 radical (unpaired) electrons. The number of aromatic nitrogens is 3. The number of aryl methyl sites for hydroxylation is 1. The molecule has 0 amide bonds. The monoisotopic (exact) mass is 260 g/mol. The van der Waals surface area contributed by atoms with E-state index < -0.39 is 0 Å². The van der Waals surface area contributed by atoms with Crippen molar-refractivity contribution in [1.82, 2.24) is 14.9 Å². The molecule has 0 N–H and O–H groups in total. The quantitative estimate of drug-likeness (QED) is 0.620. The lowest BCUT2D eigenvalue weighted by Crippen LogP contribution is -2.23. The van der Waals surface area contributed by atoms with Crippen LogP contribution in [0.3, 0.4) is 0 Å². The van der Waals surface area contributed by atoms with Gasteiger partial charge in [0, 0.05) is 0 Å². The van der Waals surface area contributed by atoms with Crippen molar-refractivity contribution in [1.29, 1.82) is 0 Å². The first kappa shape index (κ1) is 12.5. The second kappa shape index (κ2) is 5.59. The van der Waals surface area contributed by atoms with E-state index in [0.29, 0.717) is 10.9 Å². The van der Waals surface area contributed by atoms with Gasteiger partial charge in [0.2, 0.25) is 5.16 Å². The van der Waals surface area contributed by atoms with Gasteiger partial charge in [-0.25, -0.2) is 0 Å². The largest absolute Gasteiger partial charge is 0.296 e. The maximum absolute atomic E-state index is 11.9. The highest BCUT2D eigenvalue weighted by Gasteiger charge is 2.06. The summed E-state index contributed by atoms with van der Waals surface area (Å²) >= 11 is 1.33. The molecule has 6 heteroatoms. The summed E-state index contributed by atoms with van der Waals surface area (Å²) in [6, 6.07) is 9.57. The van der Waals surface area contributed by atoms with Crippen LogP contribution in [-0.2, 0) is 0 Å². The molecule has 0 aliphatic carbocycles. The fourth-order valence-corrected chi connectivity index (χ4v) is 1.76. The van der Waals surface area contributed by atoms with Crippen molar-refractivity contribution in [2.75, 3.05) is 6.26 Å². The number of benzene rings is 1. The van der Waals surface area contributed by atoms with Crippen molar-refractivity contribution < 1.29 is 0 Å². The van der Waals surface area contributed by atoms with Crippen molar-refractivity contribution >= 4 is 18.0 Å². The van der Waals surface area contributed by atoms with Gasteiger partial charge in [-0.05, 0) is 18.7 Å². The molecule has 5 nitrogen and oxygen atoms in total. The zero-order valence-corrected chi connectivity index (χ0v) is 10.9. The van der Waals surface area contributed by atoms with Gasteiger partial charge in [-0.15, -0.1) is 10.2 Å². The van der Waals surface area contributed by atoms with E-state index in [1.807, 2.05) is 36.6 Å².